The Bertz CT molecular complexity index is 471. The SMILES string of the molecule is CC(O)(c1ccsc1)c1cc(F)cc(F)c1. The zero-order valence-corrected chi connectivity index (χ0v) is 9.39. The van der Waals surface area contributed by atoms with E-state index >= 15 is 0 Å². The highest BCUT2D eigenvalue weighted by molar-refractivity contribution is 7.08. The third-order valence-electron chi connectivity index (χ3n) is 2.51. The number of hydrogen-bond acceptors (Lipinski definition) is 2. The van der Waals surface area contributed by atoms with Crippen LogP contribution in [0.4, 0.5) is 8.78 Å². The van der Waals surface area contributed by atoms with E-state index in [0.717, 1.165) is 18.2 Å². The van der Waals surface area contributed by atoms with Gasteiger partial charge in [0.1, 0.15) is 17.2 Å². The molecule has 1 atom stereocenters. The Morgan fingerprint density at radius 1 is 1.12 bits per heavy atom. The first-order valence-corrected chi connectivity index (χ1v) is 5.66. The van der Waals surface area contributed by atoms with Crippen molar-refractivity contribution in [3.63, 3.8) is 0 Å². The molecule has 1 N–H and O–H groups in total. The van der Waals surface area contributed by atoms with Crippen LogP contribution >= 0.6 is 11.3 Å². The third-order valence-corrected chi connectivity index (χ3v) is 3.19. The van der Waals surface area contributed by atoms with Crippen molar-refractivity contribution in [2.24, 2.45) is 0 Å². The fraction of sp³-hybridized carbons (Fsp3) is 0.167. The van der Waals surface area contributed by atoms with Crippen LogP contribution in [0.3, 0.4) is 0 Å². The highest BCUT2D eigenvalue weighted by Gasteiger charge is 2.27. The van der Waals surface area contributed by atoms with E-state index in [1.54, 1.807) is 16.8 Å². The first-order chi connectivity index (χ1) is 7.50. The lowest BCUT2D eigenvalue weighted by atomic mass is 9.90. The number of hydrogen-bond donors (Lipinski definition) is 1. The summed E-state index contributed by atoms with van der Waals surface area (Å²) < 4.78 is 26.1. The minimum Gasteiger partial charge on any atom is -0.381 e. The van der Waals surface area contributed by atoms with Crippen molar-refractivity contribution < 1.29 is 13.9 Å². The number of benzene rings is 1. The van der Waals surface area contributed by atoms with Crippen LogP contribution in [0.2, 0.25) is 0 Å². The van der Waals surface area contributed by atoms with E-state index in [1.807, 2.05) is 0 Å². The summed E-state index contributed by atoms with van der Waals surface area (Å²) in [6, 6.07) is 4.79. The van der Waals surface area contributed by atoms with Gasteiger partial charge in [-0.2, -0.15) is 11.3 Å². The molecule has 0 aliphatic heterocycles. The number of halogens is 2. The van der Waals surface area contributed by atoms with E-state index in [-0.39, 0.29) is 5.56 Å². The monoisotopic (exact) mass is 240 g/mol. The summed E-state index contributed by atoms with van der Waals surface area (Å²) in [6.07, 6.45) is 0. The number of rotatable bonds is 2. The molecule has 0 aliphatic rings. The maximum Gasteiger partial charge on any atom is 0.126 e. The molecule has 84 valence electrons. The molecule has 1 nitrogen and oxygen atoms in total. The molecule has 0 bridgehead atoms. The Morgan fingerprint density at radius 2 is 1.75 bits per heavy atom. The second kappa shape index (κ2) is 3.96. The Balaban J connectivity index is 2.51. The van der Waals surface area contributed by atoms with Gasteiger partial charge in [0.25, 0.3) is 0 Å². The lowest BCUT2D eigenvalue weighted by Gasteiger charge is -2.23. The fourth-order valence-electron chi connectivity index (χ4n) is 1.54. The van der Waals surface area contributed by atoms with Gasteiger partial charge in [-0.3, -0.25) is 0 Å². The topological polar surface area (TPSA) is 20.2 Å². The highest BCUT2D eigenvalue weighted by atomic mass is 32.1. The summed E-state index contributed by atoms with van der Waals surface area (Å²) in [5.74, 6) is -1.38. The average Bonchev–Trinajstić information content (AvgIpc) is 2.69. The predicted molar refractivity (Wildman–Crippen MR) is 59.3 cm³/mol. The number of aliphatic hydroxyl groups is 1. The Labute approximate surface area is 96.0 Å². The van der Waals surface area contributed by atoms with Gasteiger partial charge < -0.3 is 5.11 Å². The lowest BCUT2D eigenvalue weighted by molar-refractivity contribution is 0.102. The molecule has 0 aliphatic carbocycles. The molecule has 4 heteroatoms. The van der Waals surface area contributed by atoms with Crippen molar-refractivity contribution in [3.8, 4) is 0 Å². The minimum atomic E-state index is -1.37. The van der Waals surface area contributed by atoms with Gasteiger partial charge in [0.2, 0.25) is 0 Å². The lowest BCUT2D eigenvalue weighted by Crippen LogP contribution is -2.22. The van der Waals surface area contributed by atoms with Crippen molar-refractivity contribution in [3.05, 3.63) is 57.8 Å². The van der Waals surface area contributed by atoms with E-state index in [0.29, 0.717) is 5.56 Å². The van der Waals surface area contributed by atoms with Crippen LogP contribution in [-0.4, -0.2) is 5.11 Å². The standard InChI is InChI=1S/C12H10F2OS/c1-12(15,8-2-3-16-7-8)9-4-10(13)6-11(14)5-9/h2-7,15H,1H3. The summed E-state index contributed by atoms with van der Waals surface area (Å²) in [7, 11) is 0. The second-order valence-corrected chi connectivity index (χ2v) is 4.52. The normalized spacial score (nSPS) is 14.8. The van der Waals surface area contributed by atoms with Gasteiger partial charge in [-0.15, -0.1) is 0 Å². The molecule has 1 aromatic heterocycles. The molecule has 0 radical (unpaired) electrons. The maximum atomic E-state index is 13.1. The zero-order chi connectivity index (χ0) is 11.8. The third kappa shape index (κ3) is 1.99. The fourth-order valence-corrected chi connectivity index (χ4v) is 2.30. The second-order valence-electron chi connectivity index (χ2n) is 3.74. The first kappa shape index (κ1) is 11.2. The molecule has 0 spiro atoms. The summed E-state index contributed by atoms with van der Waals surface area (Å²) in [6.45, 7) is 1.52. The van der Waals surface area contributed by atoms with E-state index in [2.05, 4.69) is 0 Å². The van der Waals surface area contributed by atoms with Crippen molar-refractivity contribution in [2.75, 3.05) is 0 Å². The van der Waals surface area contributed by atoms with E-state index in [9.17, 15) is 13.9 Å². The molecule has 1 aromatic carbocycles. The van der Waals surface area contributed by atoms with Gasteiger partial charge >= 0.3 is 0 Å². The van der Waals surface area contributed by atoms with Gasteiger partial charge in [0.15, 0.2) is 0 Å². The maximum absolute atomic E-state index is 13.1. The van der Waals surface area contributed by atoms with Crippen LogP contribution in [0.1, 0.15) is 18.1 Å². The van der Waals surface area contributed by atoms with Gasteiger partial charge in [-0.25, -0.2) is 8.78 Å². The van der Waals surface area contributed by atoms with Crippen molar-refractivity contribution in [1.29, 1.82) is 0 Å². The molecule has 2 aromatic rings. The molecule has 16 heavy (non-hydrogen) atoms. The van der Waals surface area contributed by atoms with Gasteiger partial charge in [0.05, 0.1) is 0 Å². The predicted octanol–water partition coefficient (Wildman–Crippen LogP) is 3.28. The molecular weight excluding hydrogens is 230 g/mol. The van der Waals surface area contributed by atoms with E-state index < -0.39 is 17.2 Å². The van der Waals surface area contributed by atoms with Crippen LogP contribution in [0.15, 0.2) is 35.0 Å². The molecule has 0 amide bonds. The van der Waals surface area contributed by atoms with Crippen molar-refractivity contribution in [2.45, 2.75) is 12.5 Å². The van der Waals surface area contributed by atoms with Crippen LogP contribution in [0.25, 0.3) is 0 Å². The molecular formula is C12H10F2OS. The van der Waals surface area contributed by atoms with Gasteiger partial charge in [-0.05, 0) is 47.0 Å². The van der Waals surface area contributed by atoms with Crippen molar-refractivity contribution >= 4 is 11.3 Å². The largest absolute Gasteiger partial charge is 0.381 e. The molecule has 0 saturated heterocycles. The zero-order valence-electron chi connectivity index (χ0n) is 8.58. The molecule has 1 unspecified atom stereocenters. The highest BCUT2D eigenvalue weighted by Crippen LogP contribution is 2.31. The minimum absolute atomic E-state index is 0.211. The Kier molecular flexibility index (Phi) is 2.78. The van der Waals surface area contributed by atoms with Gasteiger partial charge in [0, 0.05) is 6.07 Å². The van der Waals surface area contributed by atoms with Crippen LogP contribution in [0, 0.1) is 11.6 Å². The summed E-state index contributed by atoms with van der Waals surface area (Å²) in [5.41, 5.74) is -0.533. The van der Waals surface area contributed by atoms with E-state index in [4.69, 9.17) is 0 Å². The summed E-state index contributed by atoms with van der Waals surface area (Å²) >= 11 is 1.42. The van der Waals surface area contributed by atoms with Crippen LogP contribution in [0.5, 0.6) is 0 Å². The van der Waals surface area contributed by atoms with Crippen LogP contribution in [-0.2, 0) is 5.60 Å². The Hall–Kier alpha value is -1.26. The Morgan fingerprint density at radius 3 is 2.25 bits per heavy atom. The van der Waals surface area contributed by atoms with Crippen molar-refractivity contribution in [1.82, 2.24) is 0 Å². The summed E-state index contributed by atoms with van der Waals surface area (Å²) in [4.78, 5) is 0. The molecule has 2 rings (SSSR count). The quantitative estimate of drug-likeness (QED) is 0.854. The molecule has 1 heterocycles. The van der Waals surface area contributed by atoms with Gasteiger partial charge in [-0.1, -0.05) is 0 Å². The first-order valence-electron chi connectivity index (χ1n) is 4.72. The van der Waals surface area contributed by atoms with Crippen LogP contribution < -0.4 is 0 Å². The summed E-state index contributed by atoms with van der Waals surface area (Å²) in [5, 5.41) is 13.8. The number of thiophene rings is 1. The van der Waals surface area contributed by atoms with E-state index in [1.165, 1.54) is 18.3 Å². The average molecular weight is 240 g/mol. The molecule has 0 fully saturated rings. The molecule has 0 saturated carbocycles. The smallest absolute Gasteiger partial charge is 0.126 e.